The van der Waals surface area contributed by atoms with Crippen LogP contribution in [0.5, 0.6) is 0 Å². The zero-order chi connectivity index (χ0) is 14.7. The molecule has 2 rings (SSSR count). The number of carboxylic acids is 1. The van der Waals surface area contributed by atoms with Gasteiger partial charge in [0.15, 0.2) is 0 Å². The number of piperidine rings is 1. The van der Waals surface area contributed by atoms with Gasteiger partial charge in [-0.2, -0.15) is 0 Å². The lowest BCUT2D eigenvalue weighted by Gasteiger charge is -2.36. The summed E-state index contributed by atoms with van der Waals surface area (Å²) in [6.45, 7) is 3.09. The van der Waals surface area contributed by atoms with Crippen molar-refractivity contribution in [3.63, 3.8) is 0 Å². The molecule has 0 spiro atoms. The van der Waals surface area contributed by atoms with Crippen LogP contribution < -0.4 is 0 Å². The predicted octanol–water partition coefficient (Wildman–Crippen LogP) is 1.70. The minimum Gasteiger partial charge on any atom is -0.481 e. The molecule has 0 saturated carbocycles. The van der Waals surface area contributed by atoms with Crippen molar-refractivity contribution in [1.29, 1.82) is 0 Å². The van der Waals surface area contributed by atoms with Gasteiger partial charge < -0.3 is 10.0 Å². The lowest BCUT2D eigenvalue weighted by Crippen LogP contribution is -2.47. The zero-order valence-electron chi connectivity index (χ0n) is 12.3. The highest BCUT2D eigenvalue weighted by atomic mass is 16.4. The van der Waals surface area contributed by atoms with Crippen LogP contribution in [-0.2, 0) is 9.59 Å². The van der Waals surface area contributed by atoms with Crippen LogP contribution in [0.15, 0.2) is 11.8 Å². The second-order valence-electron chi connectivity index (χ2n) is 5.92. The molecule has 0 aromatic carbocycles. The molecule has 0 bridgehead atoms. The van der Waals surface area contributed by atoms with Crippen molar-refractivity contribution in [2.45, 2.75) is 45.1 Å². The average molecular weight is 280 g/mol. The Labute approximate surface area is 120 Å². The highest BCUT2D eigenvalue weighted by Crippen LogP contribution is 2.24. The minimum absolute atomic E-state index is 0.110. The molecule has 2 unspecified atom stereocenters. The summed E-state index contributed by atoms with van der Waals surface area (Å²) in [6, 6.07) is 0.153. The van der Waals surface area contributed by atoms with E-state index in [-0.39, 0.29) is 17.9 Å². The maximum absolute atomic E-state index is 12.3. The molecule has 1 saturated heterocycles. The Morgan fingerprint density at radius 1 is 1.50 bits per heavy atom. The molecule has 0 radical (unpaired) electrons. The van der Waals surface area contributed by atoms with Crippen LogP contribution in [0.3, 0.4) is 0 Å². The van der Waals surface area contributed by atoms with Crippen LogP contribution in [0.25, 0.3) is 0 Å². The molecule has 1 fully saturated rings. The molecule has 2 atom stereocenters. The third-order valence-corrected chi connectivity index (χ3v) is 4.52. The smallest absolute Gasteiger partial charge is 0.306 e. The summed E-state index contributed by atoms with van der Waals surface area (Å²) in [4.78, 5) is 27.2. The Morgan fingerprint density at radius 3 is 2.80 bits per heavy atom. The molecule has 2 aliphatic rings. The van der Waals surface area contributed by atoms with Crippen molar-refractivity contribution in [2.24, 2.45) is 5.92 Å². The van der Waals surface area contributed by atoms with E-state index >= 15 is 0 Å². The fourth-order valence-corrected chi connectivity index (χ4v) is 3.08. The minimum atomic E-state index is -0.712. The fourth-order valence-electron chi connectivity index (χ4n) is 3.08. The van der Waals surface area contributed by atoms with Crippen molar-refractivity contribution in [3.05, 3.63) is 11.8 Å². The topological polar surface area (TPSA) is 60.9 Å². The Bertz CT molecular complexity index is 419. The number of rotatable bonds is 4. The van der Waals surface area contributed by atoms with Gasteiger partial charge in [0.05, 0.1) is 12.5 Å². The number of hydrogen-bond acceptors (Lipinski definition) is 3. The molecule has 5 heteroatoms. The quantitative estimate of drug-likeness (QED) is 0.851. The molecule has 5 nitrogen and oxygen atoms in total. The lowest BCUT2D eigenvalue weighted by molar-refractivity contribution is -0.144. The summed E-state index contributed by atoms with van der Waals surface area (Å²) in [5.41, 5.74) is 1.13. The number of amides is 1. The second-order valence-corrected chi connectivity index (χ2v) is 5.92. The van der Waals surface area contributed by atoms with Gasteiger partial charge in [-0.05, 0) is 45.6 Å². The number of carboxylic acid groups (broad SMARTS) is 1. The van der Waals surface area contributed by atoms with Crippen LogP contribution >= 0.6 is 0 Å². The summed E-state index contributed by atoms with van der Waals surface area (Å²) in [5.74, 6) is -0.860. The van der Waals surface area contributed by atoms with E-state index in [4.69, 9.17) is 5.11 Å². The van der Waals surface area contributed by atoms with Crippen LogP contribution in [0.1, 0.15) is 39.0 Å². The Morgan fingerprint density at radius 2 is 2.25 bits per heavy atom. The Hall–Kier alpha value is -1.36. The number of aliphatic carboxylic acids is 1. The number of nitrogens with zero attached hydrogens (tertiary/aromatic N) is 2. The molecule has 1 aliphatic carbocycles. The average Bonchev–Trinajstić information content (AvgIpc) is 2.93. The number of likely N-dealkylation sites (N-methyl/N-ethyl adjacent to an activating group) is 1. The number of carbonyl (C=O) groups is 2. The van der Waals surface area contributed by atoms with Crippen LogP contribution in [0.2, 0.25) is 0 Å². The van der Waals surface area contributed by atoms with Gasteiger partial charge in [0.25, 0.3) is 0 Å². The van der Waals surface area contributed by atoms with E-state index < -0.39 is 5.97 Å². The summed E-state index contributed by atoms with van der Waals surface area (Å²) in [5, 5.41) is 9.05. The maximum atomic E-state index is 12.3. The Balaban J connectivity index is 1.87. The number of allylic oxidation sites excluding steroid dienone is 2. The maximum Gasteiger partial charge on any atom is 0.306 e. The fraction of sp³-hybridized carbons (Fsp3) is 0.733. The van der Waals surface area contributed by atoms with Gasteiger partial charge >= 0.3 is 5.97 Å². The lowest BCUT2D eigenvalue weighted by atomic mass is 9.92. The van der Waals surface area contributed by atoms with E-state index in [0.29, 0.717) is 25.9 Å². The van der Waals surface area contributed by atoms with Crippen molar-refractivity contribution < 1.29 is 14.7 Å². The molecule has 1 aliphatic heterocycles. The van der Waals surface area contributed by atoms with E-state index in [0.717, 1.165) is 25.0 Å². The highest BCUT2D eigenvalue weighted by Gasteiger charge is 2.31. The molecule has 1 heterocycles. The summed E-state index contributed by atoms with van der Waals surface area (Å²) < 4.78 is 0. The van der Waals surface area contributed by atoms with Gasteiger partial charge in [0.2, 0.25) is 5.91 Å². The monoisotopic (exact) mass is 280 g/mol. The van der Waals surface area contributed by atoms with Crippen molar-refractivity contribution in [1.82, 2.24) is 9.80 Å². The number of carbonyl (C=O) groups excluding carboxylic acids is 1. The normalized spacial score (nSPS) is 27.2. The zero-order valence-corrected chi connectivity index (χ0v) is 12.3. The molecule has 0 aromatic rings. The van der Waals surface area contributed by atoms with Crippen LogP contribution in [-0.4, -0.2) is 53.0 Å². The third kappa shape index (κ3) is 3.39. The van der Waals surface area contributed by atoms with E-state index in [1.165, 1.54) is 0 Å². The molecule has 1 amide bonds. The van der Waals surface area contributed by atoms with Crippen molar-refractivity contribution in [2.75, 3.05) is 20.1 Å². The number of likely N-dealkylation sites (tertiary alicyclic amines) is 1. The predicted molar refractivity (Wildman–Crippen MR) is 76.1 cm³/mol. The van der Waals surface area contributed by atoms with Gasteiger partial charge in [-0.25, -0.2) is 0 Å². The first-order chi connectivity index (χ1) is 9.49. The van der Waals surface area contributed by atoms with Gasteiger partial charge in [-0.1, -0.05) is 6.08 Å². The molecule has 1 N–H and O–H groups in total. The molecular weight excluding hydrogens is 256 g/mol. The summed E-state index contributed by atoms with van der Waals surface area (Å²) >= 11 is 0. The van der Waals surface area contributed by atoms with E-state index in [2.05, 4.69) is 11.0 Å². The van der Waals surface area contributed by atoms with Crippen molar-refractivity contribution >= 4 is 11.9 Å². The first-order valence-electron chi connectivity index (χ1n) is 7.41. The third-order valence-electron chi connectivity index (χ3n) is 4.52. The highest BCUT2D eigenvalue weighted by molar-refractivity contribution is 5.80. The molecule has 112 valence electrons. The van der Waals surface area contributed by atoms with E-state index in [1.54, 1.807) is 4.90 Å². The standard InChI is InChI=1S/C15H24N2O3/c1-11-9-12(15(19)20)7-8-17(11)10-14(18)16(2)13-5-3-4-6-13/h5,11-12H,3-4,6-10H2,1-2H3,(H,19,20). The molecule has 0 aromatic heterocycles. The molecular formula is C15H24N2O3. The van der Waals surface area contributed by atoms with Gasteiger partial charge in [0.1, 0.15) is 0 Å². The summed E-state index contributed by atoms with van der Waals surface area (Å²) in [7, 11) is 1.84. The summed E-state index contributed by atoms with van der Waals surface area (Å²) in [6.07, 6.45) is 6.59. The van der Waals surface area contributed by atoms with Gasteiger partial charge in [-0.3, -0.25) is 14.5 Å². The van der Waals surface area contributed by atoms with Crippen molar-refractivity contribution in [3.8, 4) is 0 Å². The van der Waals surface area contributed by atoms with Gasteiger partial charge in [-0.15, -0.1) is 0 Å². The Kier molecular flexibility index (Phi) is 4.81. The first-order valence-corrected chi connectivity index (χ1v) is 7.41. The molecule has 20 heavy (non-hydrogen) atoms. The second kappa shape index (κ2) is 6.39. The van der Waals surface area contributed by atoms with E-state index in [9.17, 15) is 9.59 Å². The van der Waals surface area contributed by atoms with Crippen LogP contribution in [0, 0.1) is 5.92 Å². The number of hydrogen-bond donors (Lipinski definition) is 1. The first kappa shape index (κ1) is 15.0. The SMILES string of the molecule is CC1CC(C(=O)O)CCN1CC(=O)N(C)C1=CCCC1. The van der Waals surface area contributed by atoms with E-state index in [1.807, 2.05) is 14.0 Å². The van der Waals surface area contributed by atoms with Gasteiger partial charge in [0, 0.05) is 18.8 Å². The van der Waals surface area contributed by atoms with Crippen LogP contribution in [0.4, 0.5) is 0 Å². The largest absolute Gasteiger partial charge is 0.481 e.